The first kappa shape index (κ1) is 16.3. The minimum Gasteiger partial charge on any atom is -0.493 e. The third-order valence-corrected chi connectivity index (χ3v) is 4.21. The molecule has 0 radical (unpaired) electrons. The SMILES string of the molecule is CCCN(CCc1ccc2c(c1)CCO2)CC(C)(C)CN. The summed E-state index contributed by atoms with van der Waals surface area (Å²) in [4.78, 5) is 2.55. The molecule has 0 spiro atoms. The van der Waals surface area contributed by atoms with Crippen LogP contribution in [-0.2, 0) is 12.8 Å². The molecule has 1 aromatic carbocycles. The maximum atomic E-state index is 5.88. The van der Waals surface area contributed by atoms with E-state index < -0.39 is 0 Å². The van der Waals surface area contributed by atoms with E-state index in [-0.39, 0.29) is 5.41 Å². The van der Waals surface area contributed by atoms with Crippen molar-refractivity contribution in [2.24, 2.45) is 11.1 Å². The number of hydrogen-bond donors (Lipinski definition) is 1. The molecule has 1 aliphatic heterocycles. The van der Waals surface area contributed by atoms with E-state index in [1.807, 2.05) is 0 Å². The summed E-state index contributed by atoms with van der Waals surface area (Å²) in [6.45, 7) is 11.7. The van der Waals surface area contributed by atoms with Crippen molar-refractivity contribution in [1.29, 1.82) is 0 Å². The van der Waals surface area contributed by atoms with Gasteiger partial charge >= 0.3 is 0 Å². The molecule has 3 heteroatoms. The highest BCUT2D eigenvalue weighted by molar-refractivity contribution is 5.39. The van der Waals surface area contributed by atoms with Gasteiger partial charge in [-0.05, 0) is 48.5 Å². The Labute approximate surface area is 129 Å². The lowest BCUT2D eigenvalue weighted by molar-refractivity contribution is 0.184. The molecule has 21 heavy (non-hydrogen) atoms. The monoisotopic (exact) mass is 290 g/mol. The Balaban J connectivity index is 1.92. The molecule has 0 aromatic heterocycles. The van der Waals surface area contributed by atoms with Gasteiger partial charge in [0.1, 0.15) is 5.75 Å². The zero-order chi connectivity index (χ0) is 15.3. The van der Waals surface area contributed by atoms with Crippen LogP contribution < -0.4 is 10.5 Å². The second kappa shape index (κ2) is 7.28. The fourth-order valence-corrected chi connectivity index (χ4v) is 2.94. The van der Waals surface area contributed by atoms with Crippen LogP contribution >= 0.6 is 0 Å². The van der Waals surface area contributed by atoms with E-state index in [1.54, 1.807) is 0 Å². The van der Waals surface area contributed by atoms with Crippen molar-refractivity contribution in [2.45, 2.75) is 40.0 Å². The molecule has 0 bridgehead atoms. The molecule has 0 saturated heterocycles. The van der Waals surface area contributed by atoms with Gasteiger partial charge in [0, 0.05) is 19.5 Å². The quantitative estimate of drug-likeness (QED) is 0.800. The average molecular weight is 290 g/mol. The van der Waals surface area contributed by atoms with Crippen molar-refractivity contribution in [2.75, 3.05) is 32.8 Å². The largest absolute Gasteiger partial charge is 0.493 e. The zero-order valence-corrected chi connectivity index (χ0v) is 13.8. The van der Waals surface area contributed by atoms with Gasteiger partial charge in [0.2, 0.25) is 0 Å². The predicted octanol–water partition coefficient (Wildman–Crippen LogP) is 2.86. The van der Waals surface area contributed by atoms with E-state index in [0.29, 0.717) is 0 Å². The molecule has 0 saturated carbocycles. The van der Waals surface area contributed by atoms with Crippen molar-refractivity contribution >= 4 is 0 Å². The second-order valence-electron chi connectivity index (χ2n) is 6.94. The van der Waals surface area contributed by atoms with E-state index >= 15 is 0 Å². The van der Waals surface area contributed by atoms with Crippen LogP contribution in [0.4, 0.5) is 0 Å². The average Bonchev–Trinajstić information content (AvgIpc) is 2.92. The van der Waals surface area contributed by atoms with Gasteiger partial charge in [-0.2, -0.15) is 0 Å². The molecule has 0 amide bonds. The van der Waals surface area contributed by atoms with Crippen LogP contribution in [0.3, 0.4) is 0 Å². The number of nitrogens with zero attached hydrogens (tertiary/aromatic N) is 1. The molecular weight excluding hydrogens is 260 g/mol. The van der Waals surface area contributed by atoms with Crippen LogP contribution in [0.2, 0.25) is 0 Å². The van der Waals surface area contributed by atoms with Crippen LogP contribution in [0, 0.1) is 5.41 Å². The summed E-state index contributed by atoms with van der Waals surface area (Å²) < 4.78 is 5.57. The first-order valence-electron chi connectivity index (χ1n) is 8.21. The lowest BCUT2D eigenvalue weighted by atomic mass is 9.93. The van der Waals surface area contributed by atoms with E-state index in [9.17, 15) is 0 Å². The summed E-state index contributed by atoms with van der Waals surface area (Å²) in [6, 6.07) is 6.66. The Hall–Kier alpha value is -1.06. The predicted molar refractivity (Wildman–Crippen MR) is 88.9 cm³/mol. The summed E-state index contributed by atoms with van der Waals surface area (Å²) >= 11 is 0. The molecule has 118 valence electrons. The van der Waals surface area contributed by atoms with Gasteiger partial charge < -0.3 is 15.4 Å². The van der Waals surface area contributed by atoms with Crippen molar-refractivity contribution in [3.63, 3.8) is 0 Å². The number of fused-ring (bicyclic) bond motifs is 1. The van der Waals surface area contributed by atoms with E-state index in [2.05, 4.69) is 43.9 Å². The summed E-state index contributed by atoms with van der Waals surface area (Å²) in [5, 5.41) is 0. The standard InChI is InChI=1S/C18H30N2O/c1-4-9-20(14-18(2,3)13-19)10-7-15-5-6-17-16(12-15)8-11-21-17/h5-6,12H,4,7-11,13-14,19H2,1-3H3. The fraction of sp³-hybridized carbons (Fsp3) is 0.667. The lowest BCUT2D eigenvalue weighted by Crippen LogP contribution is -2.40. The highest BCUT2D eigenvalue weighted by atomic mass is 16.5. The topological polar surface area (TPSA) is 38.5 Å². The molecule has 0 unspecified atom stereocenters. The van der Waals surface area contributed by atoms with E-state index in [0.717, 1.165) is 51.4 Å². The molecule has 2 N–H and O–H groups in total. The maximum Gasteiger partial charge on any atom is 0.122 e. The molecule has 0 atom stereocenters. The summed E-state index contributed by atoms with van der Waals surface area (Å²) in [5.41, 5.74) is 8.87. The van der Waals surface area contributed by atoms with Crippen LogP contribution in [-0.4, -0.2) is 37.7 Å². The Morgan fingerprint density at radius 1 is 1.29 bits per heavy atom. The molecule has 2 rings (SSSR count). The molecule has 0 aliphatic carbocycles. The third-order valence-electron chi connectivity index (χ3n) is 4.21. The first-order chi connectivity index (χ1) is 10.0. The van der Waals surface area contributed by atoms with Gasteiger partial charge in [0.05, 0.1) is 6.61 Å². The fourth-order valence-electron chi connectivity index (χ4n) is 2.94. The van der Waals surface area contributed by atoms with Crippen molar-refractivity contribution in [3.8, 4) is 5.75 Å². The molecule has 1 aromatic rings. The normalized spacial score (nSPS) is 14.3. The minimum atomic E-state index is 0.195. The van der Waals surface area contributed by atoms with Gasteiger partial charge in [0.25, 0.3) is 0 Å². The Bertz CT molecular complexity index is 457. The van der Waals surface area contributed by atoms with Crippen molar-refractivity contribution in [1.82, 2.24) is 4.90 Å². The smallest absolute Gasteiger partial charge is 0.122 e. The van der Waals surface area contributed by atoms with E-state index in [1.165, 1.54) is 17.5 Å². The zero-order valence-electron chi connectivity index (χ0n) is 13.8. The molecule has 0 fully saturated rings. The van der Waals surface area contributed by atoms with Crippen LogP contribution in [0.5, 0.6) is 5.75 Å². The number of rotatable bonds is 8. The van der Waals surface area contributed by atoms with Crippen LogP contribution in [0.25, 0.3) is 0 Å². The minimum absolute atomic E-state index is 0.195. The molecule has 3 nitrogen and oxygen atoms in total. The summed E-state index contributed by atoms with van der Waals surface area (Å²) in [6.07, 6.45) is 3.36. The van der Waals surface area contributed by atoms with Gasteiger partial charge in [-0.25, -0.2) is 0 Å². The van der Waals surface area contributed by atoms with E-state index in [4.69, 9.17) is 10.5 Å². The first-order valence-corrected chi connectivity index (χ1v) is 8.21. The molecule has 1 aliphatic rings. The van der Waals surface area contributed by atoms with Gasteiger partial charge in [-0.1, -0.05) is 32.9 Å². The Kier molecular flexibility index (Phi) is 5.65. The lowest BCUT2D eigenvalue weighted by Gasteiger charge is -2.31. The molecule has 1 heterocycles. The highest BCUT2D eigenvalue weighted by Crippen LogP contribution is 2.26. The highest BCUT2D eigenvalue weighted by Gasteiger charge is 2.20. The summed E-state index contributed by atoms with van der Waals surface area (Å²) in [7, 11) is 0. The number of benzene rings is 1. The Morgan fingerprint density at radius 2 is 2.10 bits per heavy atom. The van der Waals surface area contributed by atoms with Crippen molar-refractivity contribution in [3.05, 3.63) is 29.3 Å². The number of nitrogens with two attached hydrogens (primary N) is 1. The number of ether oxygens (including phenoxy) is 1. The second-order valence-corrected chi connectivity index (χ2v) is 6.94. The van der Waals surface area contributed by atoms with Crippen LogP contribution in [0.15, 0.2) is 18.2 Å². The Morgan fingerprint density at radius 3 is 2.81 bits per heavy atom. The summed E-state index contributed by atoms with van der Waals surface area (Å²) in [5.74, 6) is 1.08. The van der Waals surface area contributed by atoms with Gasteiger partial charge in [-0.15, -0.1) is 0 Å². The third kappa shape index (κ3) is 4.72. The van der Waals surface area contributed by atoms with Gasteiger partial charge in [0.15, 0.2) is 0 Å². The van der Waals surface area contributed by atoms with Crippen molar-refractivity contribution < 1.29 is 4.74 Å². The maximum absolute atomic E-state index is 5.88. The molecular formula is C18H30N2O. The van der Waals surface area contributed by atoms with Gasteiger partial charge in [-0.3, -0.25) is 0 Å². The number of hydrogen-bond acceptors (Lipinski definition) is 3. The van der Waals surface area contributed by atoms with Crippen LogP contribution in [0.1, 0.15) is 38.3 Å².